The normalized spacial score (nSPS) is 16.1. The lowest BCUT2D eigenvalue weighted by Gasteiger charge is -2.22. The molecular formula is C17H20N2O3S2. The van der Waals surface area contributed by atoms with Crippen LogP contribution in [0.3, 0.4) is 0 Å². The van der Waals surface area contributed by atoms with E-state index in [1.54, 1.807) is 6.08 Å². The molecule has 0 unspecified atom stereocenters. The van der Waals surface area contributed by atoms with Crippen molar-refractivity contribution >= 4 is 46.2 Å². The molecule has 5 nitrogen and oxygen atoms in total. The molecule has 1 aliphatic heterocycles. The van der Waals surface area contributed by atoms with Gasteiger partial charge in [-0.15, -0.1) is 0 Å². The lowest BCUT2D eigenvalue weighted by atomic mass is 10.1. The van der Waals surface area contributed by atoms with Gasteiger partial charge in [0.05, 0.1) is 11.5 Å². The molecule has 0 aliphatic carbocycles. The molecule has 1 heterocycles. The molecule has 1 aliphatic rings. The number of thioether (sulfide) groups is 1. The highest BCUT2D eigenvalue weighted by Crippen LogP contribution is 2.32. The highest BCUT2D eigenvalue weighted by Gasteiger charge is 2.34. The number of likely N-dealkylation sites (N-methyl/N-ethyl adjacent to an activating group) is 1. The van der Waals surface area contributed by atoms with E-state index in [1.165, 1.54) is 21.6 Å². The van der Waals surface area contributed by atoms with Crippen molar-refractivity contribution in [2.45, 2.75) is 13.8 Å². The summed E-state index contributed by atoms with van der Waals surface area (Å²) in [6, 6.07) is 7.82. The first-order valence-electron chi connectivity index (χ1n) is 7.67. The highest BCUT2D eigenvalue weighted by molar-refractivity contribution is 8.26. The Balaban J connectivity index is 2.13. The zero-order valence-electron chi connectivity index (χ0n) is 13.7. The van der Waals surface area contributed by atoms with Crippen LogP contribution in [0.2, 0.25) is 0 Å². The maximum absolute atomic E-state index is 12.5. The van der Waals surface area contributed by atoms with E-state index >= 15 is 0 Å². The molecule has 24 heavy (non-hydrogen) atoms. The van der Waals surface area contributed by atoms with Gasteiger partial charge in [0.2, 0.25) is 5.91 Å². The standard InChI is InChI=1S/C17H20N2O3S2/c1-3-18(7-8-20)15(21)11-19-16(22)14(24-17(19)23)10-13-6-4-5-12(2)9-13/h4-6,9-10,20H,3,7-8,11H2,1-2H3/b14-10-. The van der Waals surface area contributed by atoms with E-state index in [1.807, 2.05) is 38.1 Å². The first-order chi connectivity index (χ1) is 11.5. The number of hydrogen-bond donors (Lipinski definition) is 1. The van der Waals surface area contributed by atoms with E-state index in [4.69, 9.17) is 17.3 Å². The fourth-order valence-electron chi connectivity index (χ4n) is 2.36. The minimum atomic E-state index is -0.250. The number of benzene rings is 1. The Kier molecular flexibility index (Phi) is 6.53. The topological polar surface area (TPSA) is 60.9 Å². The molecule has 1 aromatic rings. The first-order valence-corrected chi connectivity index (χ1v) is 8.89. The van der Waals surface area contributed by atoms with E-state index in [-0.39, 0.29) is 31.5 Å². The maximum Gasteiger partial charge on any atom is 0.266 e. The molecule has 2 amide bonds. The number of carbonyl (C=O) groups excluding carboxylic acids is 2. The molecule has 1 fully saturated rings. The number of nitrogens with zero attached hydrogens (tertiary/aromatic N) is 2. The summed E-state index contributed by atoms with van der Waals surface area (Å²) in [5, 5.41) is 9.00. The Hall–Kier alpha value is -1.70. The van der Waals surface area contributed by atoms with Crippen LogP contribution in [0.1, 0.15) is 18.1 Å². The second kappa shape index (κ2) is 8.41. The molecule has 0 bridgehead atoms. The van der Waals surface area contributed by atoms with Crippen LogP contribution in [-0.4, -0.2) is 57.3 Å². The predicted octanol–water partition coefficient (Wildman–Crippen LogP) is 2.04. The predicted molar refractivity (Wildman–Crippen MR) is 100 cm³/mol. The Morgan fingerprint density at radius 2 is 2.21 bits per heavy atom. The van der Waals surface area contributed by atoms with Crippen molar-refractivity contribution in [1.82, 2.24) is 9.80 Å². The van der Waals surface area contributed by atoms with Gasteiger partial charge in [-0.2, -0.15) is 0 Å². The summed E-state index contributed by atoms with van der Waals surface area (Å²) in [6.07, 6.45) is 1.79. The quantitative estimate of drug-likeness (QED) is 0.618. The van der Waals surface area contributed by atoms with Crippen molar-refractivity contribution in [2.75, 3.05) is 26.2 Å². The molecule has 1 saturated heterocycles. The van der Waals surface area contributed by atoms with Crippen LogP contribution in [0.25, 0.3) is 6.08 Å². The maximum atomic E-state index is 12.5. The van der Waals surface area contributed by atoms with Crippen LogP contribution >= 0.6 is 24.0 Å². The van der Waals surface area contributed by atoms with Gasteiger partial charge in [-0.05, 0) is 25.5 Å². The van der Waals surface area contributed by atoms with Gasteiger partial charge in [-0.1, -0.05) is 53.8 Å². The molecule has 2 rings (SSSR count). The van der Waals surface area contributed by atoms with Crippen molar-refractivity contribution in [3.05, 3.63) is 40.3 Å². The summed E-state index contributed by atoms with van der Waals surface area (Å²) < 4.78 is 0.382. The average molecular weight is 364 g/mol. The Labute approximate surface area is 151 Å². The van der Waals surface area contributed by atoms with Crippen LogP contribution in [0.15, 0.2) is 29.2 Å². The molecule has 0 radical (unpaired) electrons. The number of amides is 2. The smallest absolute Gasteiger partial charge is 0.266 e. The van der Waals surface area contributed by atoms with Gasteiger partial charge in [0.25, 0.3) is 5.91 Å². The lowest BCUT2D eigenvalue weighted by Crippen LogP contribution is -2.43. The van der Waals surface area contributed by atoms with Gasteiger partial charge in [0.1, 0.15) is 10.9 Å². The molecule has 0 spiro atoms. The number of aryl methyl sites for hydroxylation is 1. The van der Waals surface area contributed by atoms with E-state index in [9.17, 15) is 9.59 Å². The Bertz CT molecular complexity index is 688. The molecular weight excluding hydrogens is 344 g/mol. The molecule has 1 aromatic carbocycles. The van der Waals surface area contributed by atoms with Gasteiger partial charge in [0, 0.05) is 13.1 Å². The van der Waals surface area contributed by atoms with Crippen LogP contribution in [-0.2, 0) is 9.59 Å². The molecule has 7 heteroatoms. The van der Waals surface area contributed by atoms with E-state index in [0.29, 0.717) is 15.8 Å². The first kappa shape index (κ1) is 18.6. The number of hydrogen-bond acceptors (Lipinski definition) is 5. The minimum absolute atomic E-state index is 0.0936. The van der Waals surface area contributed by atoms with Crippen molar-refractivity contribution in [3.8, 4) is 0 Å². The summed E-state index contributed by atoms with van der Waals surface area (Å²) >= 11 is 6.46. The number of carbonyl (C=O) groups is 2. The fraction of sp³-hybridized carbons (Fsp3) is 0.353. The SMILES string of the molecule is CCN(CCO)C(=O)CN1C(=O)/C(=C/c2cccc(C)c2)SC1=S. The molecule has 0 saturated carbocycles. The van der Waals surface area contributed by atoms with Gasteiger partial charge in [-0.25, -0.2) is 0 Å². The molecule has 0 aromatic heterocycles. The van der Waals surface area contributed by atoms with Crippen LogP contribution in [0.4, 0.5) is 0 Å². The summed E-state index contributed by atoms with van der Waals surface area (Å²) in [5.41, 5.74) is 2.04. The van der Waals surface area contributed by atoms with Crippen LogP contribution < -0.4 is 0 Å². The van der Waals surface area contributed by atoms with Crippen molar-refractivity contribution in [2.24, 2.45) is 0 Å². The second-order valence-electron chi connectivity index (χ2n) is 5.38. The zero-order chi connectivity index (χ0) is 17.7. The van der Waals surface area contributed by atoms with Crippen LogP contribution in [0.5, 0.6) is 0 Å². The fourth-order valence-corrected chi connectivity index (χ4v) is 3.62. The Morgan fingerprint density at radius 3 is 2.83 bits per heavy atom. The monoisotopic (exact) mass is 364 g/mol. The third kappa shape index (κ3) is 4.43. The van der Waals surface area contributed by atoms with Crippen LogP contribution in [0, 0.1) is 6.92 Å². The number of thiocarbonyl (C=S) groups is 1. The largest absolute Gasteiger partial charge is 0.395 e. The Morgan fingerprint density at radius 1 is 1.46 bits per heavy atom. The van der Waals surface area contributed by atoms with Crippen molar-refractivity contribution < 1.29 is 14.7 Å². The second-order valence-corrected chi connectivity index (χ2v) is 7.05. The third-order valence-corrected chi connectivity index (χ3v) is 4.99. The highest BCUT2D eigenvalue weighted by atomic mass is 32.2. The number of aliphatic hydroxyl groups is 1. The average Bonchev–Trinajstić information content (AvgIpc) is 2.80. The van der Waals surface area contributed by atoms with Crippen molar-refractivity contribution in [3.63, 3.8) is 0 Å². The van der Waals surface area contributed by atoms with Gasteiger partial charge in [0.15, 0.2) is 0 Å². The molecule has 1 N–H and O–H groups in total. The van der Waals surface area contributed by atoms with E-state index in [2.05, 4.69) is 0 Å². The third-order valence-electron chi connectivity index (χ3n) is 3.61. The summed E-state index contributed by atoms with van der Waals surface area (Å²) in [7, 11) is 0. The van der Waals surface area contributed by atoms with Gasteiger partial charge >= 0.3 is 0 Å². The lowest BCUT2D eigenvalue weighted by molar-refractivity contribution is -0.135. The van der Waals surface area contributed by atoms with Crippen molar-refractivity contribution in [1.29, 1.82) is 0 Å². The summed E-state index contributed by atoms with van der Waals surface area (Å²) in [6.45, 7) is 4.35. The van der Waals surface area contributed by atoms with E-state index in [0.717, 1.165) is 11.1 Å². The minimum Gasteiger partial charge on any atom is -0.395 e. The van der Waals surface area contributed by atoms with Gasteiger partial charge < -0.3 is 10.0 Å². The molecule has 128 valence electrons. The number of rotatable bonds is 6. The zero-order valence-corrected chi connectivity index (χ0v) is 15.3. The summed E-state index contributed by atoms with van der Waals surface area (Å²) in [5.74, 6) is -0.473. The van der Waals surface area contributed by atoms with E-state index < -0.39 is 0 Å². The summed E-state index contributed by atoms with van der Waals surface area (Å²) in [4.78, 5) is 28.1. The molecule has 0 atom stereocenters. The number of aliphatic hydroxyl groups excluding tert-OH is 1. The van der Waals surface area contributed by atoms with Gasteiger partial charge in [-0.3, -0.25) is 14.5 Å².